The molecule has 12 rings (SSSR count). The second-order valence-corrected chi connectivity index (χ2v) is 18.1. The Balaban J connectivity index is 1.04. The number of aromatic nitrogens is 1. The average molecular weight is 795 g/mol. The van der Waals surface area contributed by atoms with Crippen molar-refractivity contribution in [2.45, 2.75) is 38.5 Å². The second-order valence-electron chi connectivity index (χ2n) is 18.1. The van der Waals surface area contributed by atoms with Crippen molar-refractivity contribution >= 4 is 38.9 Å². The molecule has 0 atom stereocenters. The first-order valence-electron chi connectivity index (χ1n) is 21.9. The largest absolute Gasteiger partial charge is 0.310 e. The molecule has 2 aliphatic rings. The van der Waals surface area contributed by atoms with Crippen LogP contribution < -0.4 is 4.90 Å². The fourth-order valence-corrected chi connectivity index (χ4v) is 10.9. The van der Waals surface area contributed by atoms with Crippen molar-refractivity contribution in [2.75, 3.05) is 4.90 Å². The van der Waals surface area contributed by atoms with E-state index in [-0.39, 0.29) is 10.8 Å². The van der Waals surface area contributed by atoms with Gasteiger partial charge in [0.25, 0.3) is 0 Å². The third-order valence-electron chi connectivity index (χ3n) is 14.0. The van der Waals surface area contributed by atoms with Gasteiger partial charge in [0.05, 0.1) is 16.7 Å². The van der Waals surface area contributed by atoms with Gasteiger partial charge < -0.3 is 9.47 Å². The number of para-hydroxylation sites is 3. The zero-order chi connectivity index (χ0) is 41.7. The Labute approximate surface area is 364 Å². The summed E-state index contributed by atoms with van der Waals surface area (Å²) in [6, 6.07) is 76.5. The van der Waals surface area contributed by atoms with E-state index in [1.54, 1.807) is 0 Å². The number of hydrogen-bond acceptors (Lipinski definition) is 1. The van der Waals surface area contributed by atoms with E-state index in [1.807, 2.05) is 0 Å². The van der Waals surface area contributed by atoms with E-state index in [4.69, 9.17) is 0 Å². The van der Waals surface area contributed by atoms with Gasteiger partial charge in [0, 0.05) is 49.8 Å². The highest BCUT2D eigenvalue weighted by Crippen LogP contribution is 2.55. The summed E-state index contributed by atoms with van der Waals surface area (Å²) >= 11 is 0. The highest BCUT2D eigenvalue weighted by Gasteiger charge is 2.38. The van der Waals surface area contributed by atoms with E-state index in [1.165, 1.54) is 94.3 Å². The lowest BCUT2D eigenvalue weighted by Gasteiger charge is -2.29. The summed E-state index contributed by atoms with van der Waals surface area (Å²) in [4.78, 5) is 2.49. The molecule has 0 fully saturated rings. The van der Waals surface area contributed by atoms with Crippen molar-refractivity contribution in [3.63, 3.8) is 0 Å². The van der Waals surface area contributed by atoms with Crippen LogP contribution in [-0.2, 0) is 10.8 Å². The summed E-state index contributed by atoms with van der Waals surface area (Å²) in [6.07, 6.45) is 0. The lowest BCUT2D eigenvalue weighted by molar-refractivity contribution is 0.660. The Bertz CT molecular complexity index is 3400. The molecule has 0 saturated heterocycles. The molecule has 0 spiro atoms. The average Bonchev–Trinajstić information content (AvgIpc) is 3.87. The molecular weight excluding hydrogens is 749 g/mol. The van der Waals surface area contributed by atoms with E-state index in [0.29, 0.717) is 0 Å². The van der Waals surface area contributed by atoms with Crippen LogP contribution in [0.25, 0.3) is 72.0 Å². The molecule has 2 heteroatoms. The summed E-state index contributed by atoms with van der Waals surface area (Å²) in [5.41, 5.74) is 22.4. The quantitative estimate of drug-likeness (QED) is 0.163. The lowest BCUT2D eigenvalue weighted by Crippen LogP contribution is -2.16. The van der Waals surface area contributed by atoms with Crippen molar-refractivity contribution in [1.29, 1.82) is 0 Å². The van der Waals surface area contributed by atoms with Gasteiger partial charge in [0.2, 0.25) is 0 Å². The molecule has 1 heterocycles. The van der Waals surface area contributed by atoms with Gasteiger partial charge in [-0.05, 0) is 110 Å². The fourth-order valence-electron chi connectivity index (χ4n) is 10.9. The Morgan fingerprint density at radius 2 is 0.968 bits per heavy atom. The minimum atomic E-state index is -0.124. The Kier molecular flexibility index (Phi) is 7.96. The van der Waals surface area contributed by atoms with Gasteiger partial charge >= 0.3 is 0 Å². The topological polar surface area (TPSA) is 8.17 Å². The van der Waals surface area contributed by atoms with Crippen LogP contribution in [0.5, 0.6) is 0 Å². The number of benzene rings is 9. The molecular formula is C60H46N2. The maximum Gasteiger partial charge on any atom is 0.0619 e. The van der Waals surface area contributed by atoms with Crippen molar-refractivity contribution in [2.24, 2.45) is 0 Å². The van der Waals surface area contributed by atoms with Crippen LogP contribution in [-0.4, -0.2) is 4.57 Å². The first-order chi connectivity index (χ1) is 30.3. The molecule has 0 unspecified atom stereocenters. The molecule has 9 aromatic carbocycles. The third-order valence-corrected chi connectivity index (χ3v) is 14.0. The van der Waals surface area contributed by atoms with Crippen molar-refractivity contribution in [1.82, 2.24) is 4.57 Å². The lowest BCUT2D eigenvalue weighted by atomic mass is 9.81. The zero-order valence-electron chi connectivity index (χ0n) is 35.5. The molecule has 10 aromatic rings. The minimum absolute atomic E-state index is 0.0543. The molecule has 0 aliphatic heterocycles. The van der Waals surface area contributed by atoms with Crippen LogP contribution in [0, 0.1) is 0 Å². The van der Waals surface area contributed by atoms with Gasteiger partial charge in [-0.2, -0.15) is 0 Å². The van der Waals surface area contributed by atoms with Crippen molar-refractivity contribution in [3.8, 4) is 50.2 Å². The molecule has 0 N–H and O–H groups in total. The van der Waals surface area contributed by atoms with Crippen molar-refractivity contribution < 1.29 is 0 Å². The van der Waals surface area contributed by atoms with Gasteiger partial charge in [-0.1, -0.05) is 179 Å². The first-order valence-corrected chi connectivity index (χ1v) is 21.9. The highest BCUT2D eigenvalue weighted by atomic mass is 15.1. The number of hydrogen-bond donors (Lipinski definition) is 0. The second kappa shape index (κ2) is 13.5. The number of anilines is 3. The molecule has 2 nitrogen and oxygen atoms in total. The molecule has 0 radical (unpaired) electrons. The van der Waals surface area contributed by atoms with E-state index >= 15 is 0 Å². The van der Waals surface area contributed by atoms with E-state index in [0.717, 1.165) is 17.1 Å². The smallest absolute Gasteiger partial charge is 0.0619 e. The summed E-state index contributed by atoms with van der Waals surface area (Å²) in [7, 11) is 0. The minimum Gasteiger partial charge on any atom is -0.310 e. The molecule has 1 aromatic heterocycles. The summed E-state index contributed by atoms with van der Waals surface area (Å²) in [5, 5.41) is 2.50. The Morgan fingerprint density at radius 1 is 0.371 bits per heavy atom. The summed E-state index contributed by atoms with van der Waals surface area (Å²) < 4.78 is 2.44. The highest BCUT2D eigenvalue weighted by molar-refractivity contribution is 6.14. The van der Waals surface area contributed by atoms with Crippen LogP contribution in [0.4, 0.5) is 17.1 Å². The van der Waals surface area contributed by atoms with Gasteiger partial charge in [0.1, 0.15) is 0 Å². The number of rotatable bonds is 6. The summed E-state index contributed by atoms with van der Waals surface area (Å²) in [5.74, 6) is 0. The van der Waals surface area contributed by atoms with Crippen molar-refractivity contribution in [3.05, 3.63) is 229 Å². The predicted molar refractivity (Wildman–Crippen MR) is 261 cm³/mol. The van der Waals surface area contributed by atoms with Crippen LogP contribution in [0.15, 0.2) is 206 Å². The maximum atomic E-state index is 2.49. The van der Waals surface area contributed by atoms with Crippen LogP contribution in [0.2, 0.25) is 0 Å². The number of fused-ring (bicyclic) bond motifs is 9. The standard InChI is InChI=1S/C60H46N2/c1-59(2)52-27-12-9-23-50(52)57-53(59)28-16-30-56(57)61(43-34-31-39(32-35-43)40-33-36-47-46-21-8-11-26-51(46)60(3,4)54(47)38-40)44-20-14-17-41(37-44)45-24-15-25-49-48-22-10-13-29-55(48)62(58(45)49)42-18-6-5-7-19-42/h5-38H,1-4H3. The molecule has 296 valence electrons. The van der Waals surface area contributed by atoms with E-state index < -0.39 is 0 Å². The SMILES string of the molecule is CC1(C)c2ccccc2-c2ccc(-c3ccc(N(c4cccc(-c5cccc6c7ccccc7n(-c7ccccc7)c56)c4)c4cccc5c4-c4ccccc4C5(C)C)cc3)cc21. The van der Waals surface area contributed by atoms with Crippen LogP contribution in [0.1, 0.15) is 49.9 Å². The van der Waals surface area contributed by atoms with Crippen LogP contribution in [0.3, 0.4) is 0 Å². The maximum absolute atomic E-state index is 2.49. The van der Waals surface area contributed by atoms with Crippen LogP contribution >= 0.6 is 0 Å². The monoisotopic (exact) mass is 794 g/mol. The molecule has 0 saturated carbocycles. The van der Waals surface area contributed by atoms with Gasteiger partial charge in [0.15, 0.2) is 0 Å². The Morgan fingerprint density at radius 3 is 1.79 bits per heavy atom. The van der Waals surface area contributed by atoms with Gasteiger partial charge in [-0.25, -0.2) is 0 Å². The third kappa shape index (κ3) is 5.29. The summed E-state index contributed by atoms with van der Waals surface area (Å²) in [6.45, 7) is 9.44. The van der Waals surface area contributed by atoms with Gasteiger partial charge in [-0.15, -0.1) is 0 Å². The normalized spacial score (nSPS) is 14.1. The predicted octanol–water partition coefficient (Wildman–Crippen LogP) is 16.2. The molecule has 62 heavy (non-hydrogen) atoms. The Hall–Kier alpha value is -7.42. The molecule has 0 bridgehead atoms. The van der Waals surface area contributed by atoms with Gasteiger partial charge in [-0.3, -0.25) is 0 Å². The van der Waals surface area contributed by atoms with E-state index in [2.05, 4.69) is 243 Å². The van der Waals surface area contributed by atoms with E-state index in [9.17, 15) is 0 Å². The number of nitrogens with zero attached hydrogens (tertiary/aromatic N) is 2. The molecule has 2 aliphatic carbocycles. The first kappa shape index (κ1) is 36.4. The fraction of sp³-hybridized carbons (Fsp3) is 0.100. The zero-order valence-corrected chi connectivity index (χ0v) is 35.5. The molecule has 0 amide bonds.